The van der Waals surface area contributed by atoms with Crippen LogP contribution in [0.5, 0.6) is 0 Å². The predicted octanol–water partition coefficient (Wildman–Crippen LogP) is 1.40. The molecule has 0 aliphatic carbocycles. The van der Waals surface area contributed by atoms with E-state index in [9.17, 15) is 4.79 Å². The van der Waals surface area contributed by atoms with Crippen molar-refractivity contribution in [2.75, 3.05) is 43.9 Å². The second-order valence-electron chi connectivity index (χ2n) is 5.30. The predicted molar refractivity (Wildman–Crippen MR) is 88.1 cm³/mol. The van der Waals surface area contributed by atoms with Crippen LogP contribution >= 0.6 is 11.3 Å². The van der Waals surface area contributed by atoms with Crippen LogP contribution in [0.15, 0.2) is 0 Å². The van der Waals surface area contributed by atoms with E-state index in [0.717, 1.165) is 37.6 Å². The highest BCUT2D eigenvalue weighted by atomic mass is 32.1. The van der Waals surface area contributed by atoms with Gasteiger partial charge in [-0.05, 0) is 39.8 Å². The summed E-state index contributed by atoms with van der Waals surface area (Å²) in [5.74, 6) is 0.378. The van der Waals surface area contributed by atoms with Crippen LogP contribution in [0, 0.1) is 0 Å². The molecule has 1 saturated heterocycles. The van der Waals surface area contributed by atoms with Crippen molar-refractivity contribution < 1.29 is 4.79 Å². The molecular weight excluding hydrogens is 286 g/mol. The second kappa shape index (κ2) is 7.09. The molecule has 1 aromatic rings. The first-order valence-electron chi connectivity index (χ1n) is 7.57. The molecule has 2 heterocycles. The summed E-state index contributed by atoms with van der Waals surface area (Å²) in [6.07, 6.45) is 2.00. The van der Waals surface area contributed by atoms with Crippen LogP contribution in [0.4, 0.5) is 10.9 Å². The highest BCUT2D eigenvalue weighted by Gasteiger charge is 2.28. The van der Waals surface area contributed by atoms with E-state index in [1.165, 1.54) is 11.3 Å². The molecule has 0 bridgehead atoms. The summed E-state index contributed by atoms with van der Waals surface area (Å²) in [5, 5.41) is 4.14. The molecule has 21 heavy (non-hydrogen) atoms. The molecule has 0 atom stereocenters. The van der Waals surface area contributed by atoms with Crippen molar-refractivity contribution in [1.29, 1.82) is 0 Å². The van der Waals surface area contributed by atoms with Crippen molar-refractivity contribution in [3.05, 3.63) is 4.88 Å². The van der Waals surface area contributed by atoms with E-state index in [1.807, 2.05) is 30.7 Å². The Morgan fingerprint density at radius 3 is 2.62 bits per heavy atom. The number of carbonyl (C=O) groups excluding carboxylic acids is 1. The highest BCUT2D eigenvalue weighted by Crippen LogP contribution is 2.29. The first-order chi connectivity index (χ1) is 10.1. The highest BCUT2D eigenvalue weighted by molar-refractivity contribution is 7.18. The quantitative estimate of drug-likeness (QED) is 0.860. The van der Waals surface area contributed by atoms with Crippen LogP contribution in [0.25, 0.3) is 0 Å². The third kappa shape index (κ3) is 3.47. The lowest BCUT2D eigenvalue weighted by molar-refractivity contribution is 0.0662. The molecule has 1 aliphatic rings. The number of hydrogen-bond acceptors (Lipinski definition) is 6. The van der Waals surface area contributed by atoms with Crippen LogP contribution < -0.4 is 16.0 Å². The van der Waals surface area contributed by atoms with Gasteiger partial charge in [0.2, 0.25) is 0 Å². The fourth-order valence-corrected chi connectivity index (χ4v) is 3.55. The van der Waals surface area contributed by atoms with Gasteiger partial charge in [-0.1, -0.05) is 11.3 Å². The van der Waals surface area contributed by atoms with Gasteiger partial charge in [-0.15, -0.1) is 0 Å². The first-order valence-corrected chi connectivity index (χ1v) is 8.39. The molecule has 1 amide bonds. The van der Waals surface area contributed by atoms with Crippen molar-refractivity contribution in [2.45, 2.75) is 32.7 Å². The molecular formula is C14H25N5OS. The number of hydrogen-bond donors (Lipinski definition) is 2. The van der Waals surface area contributed by atoms with Crippen molar-refractivity contribution in [2.24, 2.45) is 0 Å². The van der Waals surface area contributed by atoms with Gasteiger partial charge in [0.25, 0.3) is 5.91 Å². The summed E-state index contributed by atoms with van der Waals surface area (Å²) in [5.41, 5.74) is 5.97. The zero-order valence-electron chi connectivity index (χ0n) is 13.1. The Morgan fingerprint density at radius 1 is 1.38 bits per heavy atom. The molecule has 0 saturated carbocycles. The van der Waals surface area contributed by atoms with Gasteiger partial charge < -0.3 is 20.9 Å². The maximum atomic E-state index is 12.8. The van der Waals surface area contributed by atoms with Crippen LogP contribution in [0.2, 0.25) is 0 Å². The van der Waals surface area contributed by atoms with Crippen LogP contribution in [-0.4, -0.2) is 55.1 Å². The van der Waals surface area contributed by atoms with Crippen molar-refractivity contribution in [3.8, 4) is 0 Å². The number of piperidine rings is 1. The van der Waals surface area contributed by atoms with Gasteiger partial charge in [0.05, 0.1) is 0 Å². The Kier molecular flexibility index (Phi) is 5.41. The van der Waals surface area contributed by atoms with Crippen LogP contribution in [0.1, 0.15) is 36.4 Å². The Morgan fingerprint density at radius 2 is 2.05 bits per heavy atom. The molecule has 1 aromatic heterocycles. The van der Waals surface area contributed by atoms with Crippen molar-refractivity contribution in [3.63, 3.8) is 0 Å². The fourth-order valence-electron chi connectivity index (χ4n) is 2.59. The number of anilines is 2. The second-order valence-corrected chi connectivity index (χ2v) is 6.27. The minimum Gasteiger partial charge on any atom is -0.382 e. The summed E-state index contributed by atoms with van der Waals surface area (Å²) < 4.78 is 0. The van der Waals surface area contributed by atoms with E-state index in [1.54, 1.807) is 0 Å². The summed E-state index contributed by atoms with van der Waals surface area (Å²) >= 11 is 1.39. The Hall–Kier alpha value is -1.34. The molecule has 6 nitrogen and oxygen atoms in total. The number of nitrogens with two attached hydrogens (primary N) is 1. The van der Waals surface area contributed by atoms with E-state index in [2.05, 4.69) is 10.3 Å². The van der Waals surface area contributed by atoms with Gasteiger partial charge in [0.1, 0.15) is 10.7 Å². The number of nitrogens with zero attached hydrogens (tertiary/aromatic N) is 3. The van der Waals surface area contributed by atoms with Crippen LogP contribution in [0.3, 0.4) is 0 Å². The van der Waals surface area contributed by atoms with Crippen LogP contribution in [-0.2, 0) is 0 Å². The number of rotatable bonds is 5. The topological polar surface area (TPSA) is 74.5 Å². The van der Waals surface area contributed by atoms with Crippen molar-refractivity contribution in [1.82, 2.24) is 15.2 Å². The molecule has 7 heteroatoms. The van der Waals surface area contributed by atoms with Gasteiger partial charge in [-0.25, -0.2) is 4.98 Å². The standard InChI is InChI=1S/C14H25N5OS/c1-4-18(3)14-17-12(15)11(21-14)13(20)19(5-2)10-6-8-16-9-7-10/h10,16H,4-9,15H2,1-3H3. The van der Waals surface area contributed by atoms with Gasteiger partial charge in [0.15, 0.2) is 5.13 Å². The summed E-state index contributed by atoms with van der Waals surface area (Å²) in [6, 6.07) is 0.303. The summed E-state index contributed by atoms with van der Waals surface area (Å²) in [6.45, 7) is 7.56. The molecule has 0 unspecified atom stereocenters. The zero-order valence-corrected chi connectivity index (χ0v) is 13.9. The van der Waals surface area contributed by atoms with E-state index in [0.29, 0.717) is 23.3 Å². The molecule has 0 aromatic carbocycles. The summed E-state index contributed by atoms with van der Waals surface area (Å²) in [4.78, 5) is 21.6. The van der Waals surface area contributed by atoms with Gasteiger partial charge in [-0.2, -0.15) is 0 Å². The van der Waals surface area contributed by atoms with E-state index in [4.69, 9.17) is 5.73 Å². The number of nitrogens with one attached hydrogen (secondary N) is 1. The molecule has 1 fully saturated rings. The van der Waals surface area contributed by atoms with E-state index < -0.39 is 0 Å². The average molecular weight is 311 g/mol. The van der Waals surface area contributed by atoms with Gasteiger partial charge >= 0.3 is 0 Å². The lowest BCUT2D eigenvalue weighted by atomic mass is 10.0. The number of thiazole rings is 1. The van der Waals surface area contributed by atoms with Crippen molar-refractivity contribution >= 4 is 28.2 Å². The maximum Gasteiger partial charge on any atom is 0.268 e. The lowest BCUT2D eigenvalue weighted by Gasteiger charge is -2.33. The number of nitrogen functional groups attached to an aromatic ring is 1. The normalized spacial score (nSPS) is 16.0. The summed E-state index contributed by atoms with van der Waals surface area (Å²) in [7, 11) is 1.96. The fraction of sp³-hybridized carbons (Fsp3) is 0.714. The third-order valence-corrected chi connectivity index (χ3v) is 5.16. The zero-order chi connectivity index (χ0) is 15.4. The molecule has 0 spiro atoms. The molecule has 1 aliphatic heterocycles. The monoisotopic (exact) mass is 311 g/mol. The number of carbonyl (C=O) groups is 1. The molecule has 118 valence electrons. The SMILES string of the molecule is CCN(C)c1nc(N)c(C(=O)N(CC)C2CCNCC2)s1. The van der Waals surface area contributed by atoms with E-state index >= 15 is 0 Å². The largest absolute Gasteiger partial charge is 0.382 e. The Labute approximate surface area is 130 Å². The Balaban J connectivity index is 2.18. The smallest absolute Gasteiger partial charge is 0.268 e. The maximum absolute atomic E-state index is 12.8. The number of amides is 1. The minimum atomic E-state index is 0.0233. The van der Waals surface area contributed by atoms with Gasteiger partial charge in [0, 0.05) is 26.2 Å². The Bertz CT molecular complexity index is 484. The van der Waals surface area contributed by atoms with Gasteiger partial charge in [-0.3, -0.25) is 4.79 Å². The average Bonchev–Trinajstić information content (AvgIpc) is 2.90. The molecule has 2 rings (SSSR count). The third-order valence-electron chi connectivity index (χ3n) is 3.99. The lowest BCUT2D eigenvalue weighted by Crippen LogP contribution is -2.46. The molecule has 0 radical (unpaired) electrons. The minimum absolute atomic E-state index is 0.0233. The molecule has 3 N–H and O–H groups in total. The van der Waals surface area contributed by atoms with E-state index in [-0.39, 0.29) is 5.91 Å². The first kappa shape index (κ1) is 16.0. The number of aromatic nitrogens is 1.